The number of ether oxygens (including phenoxy) is 1. The van der Waals surface area contributed by atoms with Crippen LogP contribution in [0.25, 0.3) is 0 Å². The van der Waals surface area contributed by atoms with Crippen molar-refractivity contribution in [2.75, 3.05) is 13.2 Å². The molecule has 3 heteroatoms. The number of hydrogen-bond donors (Lipinski definition) is 0. The van der Waals surface area contributed by atoms with E-state index in [1.54, 1.807) is 0 Å². The molecule has 0 radical (unpaired) electrons. The van der Waals surface area contributed by atoms with Crippen molar-refractivity contribution < 1.29 is 9.53 Å². The predicted molar refractivity (Wildman–Crippen MR) is 60.0 cm³/mol. The molecular formula is C12H19NO2. The van der Waals surface area contributed by atoms with Crippen LogP contribution in [0.3, 0.4) is 0 Å². The van der Waals surface area contributed by atoms with Gasteiger partial charge in [0.2, 0.25) is 5.78 Å². The molecule has 0 aliphatic rings. The first-order chi connectivity index (χ1) is 7.11. The lowest BCUT2D eigenvalue weighted by Gasteiger charge is -2.06. The van der Waals surface area contributed by atoms with Gasteiger partial charge in [0.05, 0.1) is 5.69 Å². The maximum Gasteiger partial charge on any atom is 0.204 e. The van der Waals surface area contributed by atoms with E-state index in [0.29, 0.717) is 18.2 Å². The number of aromatic nitrogens is 1. The number of rotatable bonds is 6. The standard InChI is InChI=1S/C12H19NO2/c1-10(2)6-8-15-9-12(14)11-5-4-7-13(11)3/h4-5,7,10H,6,8-9H2,1-3H3. The van der Waals surface area contributed by atoms with Crippen molar-refractivity contribution in [3.05, 3.63) is 24.0 Å². The lowest BCUT2D eigenvalue weighted by atomic mass is 10.1. The zero-order valence-electron chi connectivity index (χ0n) is 9.69. The number of Topliss-reactive ketones (excluding diaryl/α,β-unsaturated/α-hetero) is 1. The molecule has 1 aromatic heterocycles. The highest BCUT2D eigenvalue weighted by molar-refractivity contribution is 5.95. The molecule has 0 unspecified atom stereocenters. The first kappa shape index (κ1) is 12.0. The van der Waals surface area contributed by atoms with Crippen molar-refractivity contribution in [2.45, 2.75) is 20.3 Å². The van der Waals surface area contributed by atoms with Crippen molar-refractivity contribution >= 4 is 5.78 Å². The largest absolute Gasteiger partial charge is 0.373 e. The molecule has 0 N–H and O–H groups in total. The van der Waals surface area contributed by atoms with Crippen LogP contribution >= 0.6 is 0 Å². The molecule has 0 aromatic carbocycles. The monoisotopic (exact) mass is 209 g/mol. The van der Waals surface area contributed by atoms with Gasteiger partial charge in [-0.15, -0.1) is 0 Å². The van der Waals surface area contributed by atoms with Gasteiger partial charge in [-0.3, -0.25) is 4.79 Å². The van der Waals surface area contributed by atoms with Crippen LogP contribution in [0.2, 0.25) is 0 Å². The van der Waals surface area contributed by atoms with Crippen LogP contribution in [0.15, 0.2) is 18.3 Å². The van der Waals surface area contributed by atoms with E-state index in [4.69, 9.17) is 4.74 Å². The van der Waals surface area contributed by atoms with Crippen LogP contribution in [0.1, 0.15) is 30.8 Å². The Bertz CT molecular complexity index is 315. The number of carbonyl (C=O) groups excluding carboxylic acids is 1. The van der Waals surface area contributed by atoms with E-state index in [1.807, 2.05) is 29.9 Å². The van der Waals surface area contributed by atoms with E-state index in [0.717, 1.165) is 6.42 Å². The second-order valence-electron chi connectivity index (χ2n) is 4.16. The summed E-state index contributed by atoms with van der Waals surface area (Å²) in [5.74, 6) is 0.668. The Labute approximate surface area is 91.0 Å². The van der Waals surface area contributed by atoms with E-state index in [2.05, 4.69) is 13.8 Å². The summed E-state index contributed by atoms with van der Waals surface area (Å²) in [5.41, 5.74) is 0.708. The topological polar surface area (TPSA) is 31.2 Å². The van der Waals surface area contributed by atoms with Gasteiger partial charge >= 0.3 is 0 Å². The lowest BCUT2D eigenvalue weighted by Crippen LogP contribution is -2.13. The quantitative estimate of drug-likeness (QED) is 0.531. The maximum atomic E-state index is 11.6. The normalized spacial score (nSPS) is 10.9. The molecule has 15 heavy (non-hydrogen) atoms. The number of ketones is 1. The molecule has 0 atom stereocenters. The fourth-order valence-corrected chi connectivity index (χ4v) is 1.31. The molecule has 0 aliphatic carbocycles. The summed E-state index contributed by atoms with van der Waals surface area (Å²) < 4.78 is 7.14. The molecule has 1 heterocycles. The van der Waals surface area contributed by atoms with E-state index in [-0.39, 0.29) is 12.4 Å². The Morgan fingerprint density at radius 2 is 2.27 bits per heavy atom. The number of hydrogen-bond acceptors (Lipinski definition) is 2. The Kier molecular flexibility index (Phi) is 4.56. The van der Waals surface area contributed by atoms with E-state index in [1.165, 1.54) is 0 Å². The van der Waals surface area contributed by atoms with Crippen molar-refractivity contribution in [3.63, 3.8) is 0 Å². The summed E-state index contributed by atoms with van der Waals surface area (Å²) in [6.07, 6.45) is 2.86. The summed E-state index contributed by atoms with van der Waals surface area (Å²) >= 11 is 0. The van der Waals surface area contributed by atoms with Gasteiger partial charge in [0, 0.05) is 19.9 Å². The molecular weight excluding hydrogens is 190 g/mol. The average Bonchev–Trinajstić information content (AvgIpc) is 2.58. The van der Waals surface area contributed by atoms with Gasteiger partial charge in [-0.1, -0.05) is 13.8 Å². The molecule has 1 aromatic rings. The first-order valence-corrected chi connectivity index (χ1v) is 5.33. The summed E-state index contributed by atoms with van der Waals surface area (Å²) in [7, 11) is 1.86. The van der Waals surface area contributed by atoms with Crippen molar-refractivity contribution in [3.8, 4) is 0 Å². The third-order valence-corrected chi connectivity index (χ3v) is 2.30. The Morgan fingerprint density at radius 3 is 2.80 bits per heavy atom. The van der Waals surface area contributed by atoms with Crippen LogP contribution in [-0.2, 0) is 11.8 Å². The predicted octanol–water partition coefficient (Wildman–Crippen LogP) is 2.27. The van der Waals surface area contributed by atoms with Crippen molar-refractivity contribution in [1.82, 2.24) is 4.57 Å². The zero-order chi connectivity index (χ0) is 11.3. The highest BCUT2D eigenvalue weighted by Crippen LogP contribution is 2.03. The van der Waals surface area contributed by atoms with Gasteiger partial charge in [0.25, 0.3) is 0 Å². The highest BCUT2D eigenvalue weighted by atomic mass is 16.5. The van der Waals surface area contributed by atoms with Crippen LogP contribution in [0.4, 0.5) is 0 Å². The minimum atomic E-state index is 0.0475. The van der Waals surface area contributed by atoms with Gasteiger partial charge in [-0.25, -0.2) is 0 Å². The van der Waals surface area contributed by atoms with Crippen LogP contribution in [0.5, 0.6) is 0 Å². The molecule has 0 saturated carbocycles. The number of aryl methyl sites for hydroxylation is 1. The van der Waals surface area contributed by atoms with Crippen molar-refractivity contribution in [1.29, 1.82) is 0 Å². The summed E-state index contributed by atoms with van der Waals surface area (Å²) in [4.78, 5) is 11.6. The third-order valence-electron chi connectivity index (χ3n) is 2.30. The SMILES string of the molecule is CC(C)CCOCC(=O)c1cccn1C. The fourth-order valence-electron chi connectivity index (χ4n) is 1.31. The van der Waals surface area contributed by atoms with Crippen LogP contribution in [-0.4, -0.2) is 23.6 Å². The van der Waals surface area contributed by atoms with Crippen molar-refractivity contribution in [2.24, 2.45) is 13.0 Å². The second kappa shape index (κ2) is 5.71. The van der Waals surface area contributed by atoms with Gasteiger partial charge < -0.3 is 9.30 Å². The average molecular weight is 209 g/mol. The molecule has 1 rings (SSSR count). The van der Waals surface area contributed by atoms with Crippen LogP contribution < -0.4 is 0 Å². The molecule has 0 saturated heterocycles. The fraction of sp³-hybridized carbons (Fsp3) is 0.583. The number of carbonyl (C=O) groups is 1. The summed E-state index contributed by atoms with van der Waals surface area (Å²) in [6.45, 7) is 5.13. The van der Waals surface area contributed by atoms with E-state index < -0.39 is 0 Å². The molecule has 0 bridgehead atoms. The summed E-state index contributed by atoms with van der Waals surface area (Å²) in [5, 5.41) is 0. The van der Waals surface area contributed by atoms with Gasteiger partial charge in [-0.05, 0) is 24.5 Å². The minimum Gasteiger partial charge on any atom is -0.373 e. The molecule has 0 aliphatic heterocycles. The lowest BCUT2D eigenvalue weighted by molar-refractivity contribution is 0.0731. The van der Waals surface area contributed by atoms with Gasteiger partial charge in [0.1, 0.15) is 6.61 Å². The van der Waals surface area contributed by atoms with Gasteiger partial charge in [0.15, 0.2) is 0 Å². The zero-order valence-corrected chi connectivity index (χ0v) is 9.69. The van der Waals surface area contributed by atoms with E-state index >= 15 is 0 Å². The Morgan fingerprint density at radius 1 is 1.53 bits per heavy atom. The summed E-state index contributed by atoms with van der Waals surface area (Å²) in [6, 6.07) is 3.68. The molecule has 0 fully saturated rings. The van der Waals surface area contributed by atoms with E-state index in [9.17, 15) is 4.79 Å². The van der Waals surface area contributed by atoms with Gasteiger partial charge in [-0.2, -0.15) is 0 Å². The molecule has 0 spiro atoms. The Balaban J connectivity index is 2.28. The second-order valence-corrected chi connectivity index (χ2v) is 4.16. The molecule has 0 amide bonds. The Hall–Kier alpha value is -1.09. The highest BCUT2D eigenvalue weighted by Gasteiger charge is 2.08. The smallest absolute Gasteiger partial charge is 0.204 e. The minimum absolute atomic E-state index is 0.0475. The molecule has 3 nitrogen and oxygen atoms in total. The van der Waals surface area contributed by atoms with Crippen LogP contribution in [0, 0.1) is 5.92 Å². The number of nitrogens with zero attached hydrogens (tertiary/aromatic N) is 1. The molecule has 84 valence electrons. The maximum absolute atomic E-state index is 11.6. The third kappa shape index (κ3) is 3.88. The first-order valence-electron chi connectivity index (χ1n) is 5.33.